The zero-order valence-electron chi connectivity index (χ0n) is 20.6. The largest absolute Gasteiger partial charge is 0.503 e. The molecule has 0 saturated heterocycles. The number of aliphatic hydroxyl groups is 1. The number of hydrogen-bond acceptors (Lipinski definition) is 7. The third-order valence-corrected chi connectivity index (χ3v) is 6.71. The maximum atomic E-state index is 13.7. The maximum Gasteiger partial charge on any atom is 0.294 e. The van der Waals surface area contributed by atoms with Crippen molar-refractivity contribution in [3.8, 4) is 17.1 Å². The molecule has 1 fully saturated rings. The van der Waals surface area contributed by atoms with Crippen molar-refractivity contribution in [1.82, 2.24) is 10.1 Å². The summed E-state index contributed by atoms with van der Waals surface area (Å²) < 4.78 is 11.1. The number of amides is 1. The number of hydrogen-bond donors (Lipinski definition) is 1. The molecule has 8 heteroatoms. The van der Waals surface area contributed by atoms with Gasteiger partial charge in [-0.05, 0) is 57.0 Å². The monoisotopic (exact) mass is 487 g/mol. The molecule has 1 aliphatic heterocycles. The van der Waals surface area contributed by atoms with Crippen molar-refractivity contribution in [2.75, 3.05) is 4.90 Å². The first-order valence-corrected chi connectivity index (χ1v) is 12.3. The second kappa shape index (κ2) is 9.60. The molecular formula is C28H29N3O5. The summed E-state index contributed by atoms with van der Waals surface area (Å²) in [6, 6.07) is 13.7. The summed E-state index contributed by atoms with van der Waals surface area (Å²) >= 11 is 0. The summed E-state index contributed by atoms with van der Waals surface area (Å²) in [5.41, 5.74) is 2.06. The Morgan fingerprint density at radius 3 is 2.44 bits per heavy atom. The second-order valence-electron chi connectivity index (χ2n) is 9.57. The molecular weight excluding hydrogens is 458 g/mol. The minimum absolute atomic E-state index is 0.110. The summed E-state index contributed by atoms with van der Waals surface area (Å²) in [6.07, 6.45) is 3.35. The second-order valence-corrected chi connectivity index (χ2v) is 9.57. The van der Waals surface area contributed by atoms with Crippen LogP contribution in [0.4, 0.5) is 5.69 Å². The molecule has 3 aromatic rings. The van der Waals surface area contributed by atoms with Crippen LogP contribution in [0.25, 0.3) is 11.4 Å². The fourth-order valence-electron chi connectivity index (χ4n) is 5.08. The maximum absolute atomic E-state index is 13.7. The van der Waals surface area contributed by atoms with E-state index in [1.165, 1.54) is 4.90 Å². The van der Waals surface area contributed by atoms with Gasteiger partial charge in [-0.2, -0.15) is 4.98 Å². The van der Waals surface area contributed by atoms with Crippen LogP contribution in [0.3, 0.4) is 0 Å². The van der Waals surface area contributed by atoms with Crippen LogP contribution in [0.2, 0.25) is 0 Å². The van der Waals surface area contributed by atoms with Crippen LogP contribution < -0.4 is 9.64 Å². The number of nitrogens with zero attached hydrogens (tertiary/aromatic N) is 3. The number of benzene rings is 2. The average Bonchev–Trinajstić information content (AvgIpc) is 3.60. The van der Waals surface area contributed by atoms with Crippen LogP contribution in [0.1, 0.15) is 57.0 Å². The lowest BCUT2D eigenvalue weighted by molar-refractivity contribution is -0.120. The first kappa shape index (κ1) is 23.8. The molecule has 1 atom stereocenters. The summed E-state index contributed by atoms with van der Waals surface area (Å²) in [5.74, 6) is 0.00835. The van der Waals surface area contributed by atoms with Crippen LogP contribution in [0, 0.1) is 12.8 Å². The highest BCUT2D eigenvalue weighted by Gasteiger charge is 2.47. The Balaban J connectivity index is 1.60. The molecule has 1 unspecified atom stereocenters. The summed E-state index contributed by atoms with van der Waals surface area (Å²) in [4.78, 5) is 32.9. The molecule has 0 bridgehead atoms. The highest BCUT2D eigenvalue weighted by molar-refractivity contribution is 6.17. The minimum atomic E-state index is -0.807. The first-order valence-electron chi connectivity index (χ1n) is 12.3. The van der Waals surface area contributed by atoms with Crippen LogP contribution in [0.5, 0.6) is 5.75 Å². The summed E-state index contributed by atoms with van der Waals surface area (Å²) in [5, 5.41) is 15.0. The Morgan fingerprint density at radius 2 is 1.81 bits per heavy atom. The number of carbonyl (C=O) groups excluding carboxylic acids is 2. The van der Waals surface area contributed by atoms with E-state index in [4.69, 9.17) is 9.26 Å². The van der Waals surface area contributed by atoms with Gasteiger partial charge in [-0.25, -0.2) is 0 Å². The number of aryl methyl sites for hydroxylation is 1. The molecule has 0 radical (unpaired) electrons. The fourth-order valence-corrected chi connectivity index (χ4v) is 5.08. The van der Waals surface area contributed by atoms with Crippen molar-refractivity contribution < 1.29 is 24.0 Å². The molecule has 2 heterocycles. The van der Waals surface area contributed by atoms with Gasteiger partial charge in [0.05, 0.1) is 17.7 Å². The van der Waals surface area contributed by atoms with E-state index in [1.54, 1.807) is 31.2 Å². The highest BCUT2D eigenvalue weighted by atomic mass is 16.5. The number of anilines is 1. The molecule has 0 spiro atoms. The van der Waals surface area contributed by atoms with E-state index in [0.29, 0.717) is 28.7 Å². The third-order valence-electron chi connectivity index (χ3n) is 6.71. The Kier molecular flexibility index (Phi) is 6.35. The van der Waals surface area contributed by atoms with E-state index in [2.05, 4.69) is 10.1 Å². The molecule has 186 valence electrons. The molecule has 1 saturated carbocycles. The first-order chi connectivity index (χ1) is 17.3. The van der Waals surface area contributed by atoms with Crippen molar-refractivity contribution in [2.45, 2.75) is 58.6 Å². The number of Topliss-reactive ketones (excluding diaryl/α,β-unsaturated/α-hetero) is 1. The van der Waals surface area contributed by atoms with E-state index < -0.39 is 17.7 Å². The van der Waals surface area contributed by atoms with Crippen molar-refractivity contribution in [2.24, 2.45) is 5.92 Å². The minimum Gasteiger partial charge on any atom is -0.503 e. The van der Waals surface area contributed by atoms with E-state index >= 15 is 0 Å². The average molecular weight is 488 g/mol. The molecule has 2 aromatic carbocycles. The van der Waals surface area contributed by atoms with E-state index in [0.717, 1.165) is 31.2 Å². The van der Waals surface area contributed by atoms with Gasteiger partial charge in [0.15, 0.2) is 11.5 Å². The number of para-hydroxylation sites is 1. The quantitative estimate of drug-likeness (QED) is 0.470. The standard InChI is InChI=1S/C28H29N3O5/c1-16(2)35-22-11-7-6-10-21(22)24-23(25(32)18-8-4-5-9-18)26(33)28(34)31(24)20-14-12-19(13-15-20)27-29-17(3)36-30-27/h6-7,10-16,18,24,33H,4-5,8-9H2,1-3H3. The van der Waals surface area contributed by atoms with Gasteiger partial charge in [-0.3, -0.25) is 14.5 Å². The lowest BCUT2D eigenvalue weighted by Crippen LogP contribution is -2.32. The van der Waals surface area contributed by atoms with Gasteiger partial charge >= 0.3 is 0 Å². The predicted octanol–water partition coefficient (Wildman–Crippen LogP) is 5.49. The van der Waals surface area contributed by atoms with Crippen molar-refractivity contribution in [1.29, 1.82) is 0 Å². The van der Waals surface area contributed by atoms with Gasteiger partial charge in [-0.15, -0.1) is 0 Å². The summed E-state index contributed by atoms with van der Waals surface area (Å²) in [7, 11) is 0. The summed E-state index contributed by atoms with van der Waals surface area (Å²) in [6.45, 7) is 5.56. The van der Waals surface area contributed by atoms with Gasteiger partial charge in [0, 0.05) is 29.7 Å². The van der Waals surface area contributed by atoms with Gasteiger partial charge < -0.3 is 14.4 Å². The number of ketones is 1. The Hall–Kier alpha value is -3.94. The SMILES string of the molecule is Cc1nc(-c2ccc(N3C(=O)C(O)=C(C(=O)C4CCCC4)C3c3ccccc3OC(C)C)cc2)no1. The fraction of sp³-hybridized carbons (Fsp3) is 0.357. The van der Waals surface area contributed by atoms with Crippen molar-refractivity contribution in [3.05, 3.63) is 71.3 Å². The molecule has 1 amide bonds. The van der Waals surface area contributed by atoms with E-state index in [9.17, 15) is 14.7 Å². The molecule has 8 nitrogen and oxygen atoms in total. The number of ether oxygens (including phenoxy) is 1. The molecule has 5 rings (SSSR count). The van der Waals surface area contributed by atoms with Crippen LogP contribution in [-0.4, -0.2) is 33.0 Å². The van der Waals surface area contributed by atoms with Crippen LogP contribution >= 0.6 is 0 Å². The number of carbonyl (C=O) groups is 2. The van der Waals surface area contributed by atoms with Gasteiger partial charge in [0.25, 0.3) is 5.91 Å². The number of aliphatic hydroxyl groups excluding tert-OH is 1. The molecule has 1 aromatic heterocycles. The van der Waals surface area contributed by atoms with Gasteiger partial charge in [-0.1, -0.05) is 36.2 Å². The zero-order valence-corrected chi connectivity index (χ0v) is 20.6. The van der Waals surface area contributed by atoms with E-state index in [-0.39, 0.29) is 23.4 Å². The lowest BCUT2D eigenvalue weighted by atomic mass is 9.88. The van der Waals surface area contributed by atoms with Crippen molar-refractivity contribution >= 4 is 17.4 Å². The Morgan fingerprint density at radius 1 is 1.11 bits per heavy atom. The normalized spacial score (nSPS) is 18.5. The van der Waals surface area contributed by atoms with E-state index in [1.807, 2.05) is 38.1 Å². The number of rotatable bonds is 7. The predicted molar refractivity (Wildman–Crippen MR) is 134 cm³/mol. The van der Waals surface area contributed by atoms with Gasteiger partial charge in [0.2, 0.25) is 11.7 Å². The molecule has 1 N–H and O–H groups in total. The zero-order chi connectivity index (χ0) is 25.4. The topological polar surface area (TPSA) is 106 Å². The van der Waals surface area contributed by atoms with Gasteiger partial charge in [0.1, 0.15) is 5.75 Å². The van der Waals surface area contributed by atoms with Crippen molar-refractivity contribution in [3.63, 3.8) is 0 Å². The lowest BCUT2D eigenvalue weighted by Gasteiger charge is -2.29. The van der Waals surface area contributed by atoms with Crippen LogP contribution in [0.15, 0.2) is 64.4 Å². The highest BCUT2D eigenvalue weighted by Crippen LogP contribution is 2.46. The number of aromatic nitrogens is 2. The molecule has 36 heavy (non-hydrogen) atoms. The molecule has 1 aliphatic carbocycles. The smallest absolute Gasteiger partial charge is 0.294 e. The van der Waals surface area contributed by atoms with Crippen LogP contribution in [-0.2, 0) is 9.59 Å². The Labute approximate surface area is 209 Å². The Bertz CT molecular complexity index is 1320. The molecule has 2 aliphatic rings. The third kappa shape index (κ3) is 4.27.